The second kappa shape index (κ2) is 7.73. The fraction of sp³-hybridized carbons (Fsp3) is 1.00. The third kappa shape index (κ3) is 6.68. The lowest BCUT2D eigenvalue weighted by atomic mass is 10.4. The Kier molecular flexibility index (Phi) is 7.29. The van der Waals surface area contributed by atoms with E-state index in [2.05, 4.69) is 53.1 Å². The molecule has 1 rings (SSSR count). The molecule has 4 nitrogen and oxygen atoms in total. The van der Waals surface area contributed by atoms with Crippen LogP contribution >= 0.6 is 0 Å². The molecule has 0 aliphatic carbocycles. The first-order valence-corrected chi connectivity index (χ1v) is 19.4. The van der Waals surface area contributed by atoms with Crippen molar-refractivity contribution in [2.45, 2.75) is 90.9 Å². The molecule has 0 spiro atoms. The molecule has 8 heteroatoms. The highest BCUT2D eigenvalue weighted by Gasteiger charge is 2.53. The first-order valence-electron chi connectivity index (χ1n) is 8.75. The lowest BCUT2D eigenvalue weighted by molar-refractivity contribution is 0.229. The maximum Gasteiger partial charge on any atom is 0.317 e. The fourth-order valence-electron chi connectivity index (χ4n) is 3.37. The Balaban J connectivity index is 3.04. The fourth-order valence-corrected chi connectivity index (χ4v) is 25.9. The minimum absolute atomic E-state index is 1.04. The summed E-state index contributed by atoms with van der Waals surface area (Å²) in [4.78, 5) is 0. The number of rotatable bonds is 6. The van der Waals surface area contributed by atoms with E-state index >= 15 is 0 Å². The van der Waals surface area contributed by atoms with E-state index in [-0.39, 0.29) is 0 Å². The minimum Gasteiger partial charge on any atom is -0.416 e. The van der Waals surface area contributed by atoms with Crippen molar-refractivity contribution in [3.05, 3.63) is 0 Å². The van der Waals surface area contributed by atoms with Crippen molar-refractivity contribution < 1.29 is 16.5 Å². The molecule has 2 atom stereocenters. The van der Waals surface area contributed by atoms with E-state index in [0.717, 1.165) is 24.9 Å². The Hall–Kier alpha value is 0.708. The van der Waals surface area contributed by atoms with Crippen LogP contribution in [0.15, 0.2) is 0 Å². The SMILES string of the molecule is CCCC[Si]1(C)O[Si](C)(C)O[Si](C)(C)O[Si](C)(CCCC)O1. The van der Waals surface area contributed by atoms with Crippen molar-refractivity contribution in [3.8, 4) is 0 Å². The third-order valence-electron chi connectivity index (χ3n) is 3.82. The molecule has 0 saturated carbocycles. The summed E-state index contributed by atoms with van der Waals surface area (Å²) in [5.41, 5.74) is 0. The van der Waals surface area contributed by atoms with Crippen LogP contribution in [0.25, 0.3) is 0 Å². The molecule has 0 N–H and O–H groups in total. The Labute approximate surface area is 141 Å². The Morgan fingerprint density at radius 2 is 0.909 bits per heavy atom. The van der Waals surface area contributed by atoms with Crippen molar-refractivity contribution in [3.63, 3.8) is 0 Å². The topological polar surface area (TPSA) is 36.9 Å². The van der Waals surface area contributed by atoms with Crippen LogP contribution in [0.1, 0.15) is 39.5 Å². The molecule has 1 aliphatic rings. The molecule has 1 heterocycles. The van der Waals surface area contributed by atoms with Crippen LogP contribution in [-0.4, -0.2) is 34.2 Å². The van der Waals surface area contributed by atoms with Gasteiger partial charge in [0, 0.05) is 0 Å². The number of unbranched alkanes of at least 4 members (excludes halogenated alkanes) is 2. The summed E-state index contributed by atoms with van der Waals surface area (Å²) in [7, 11) is -8.84. The summed E-state index contributed by atoms with van der Waals surface area (Å²) in [6.07, 6.45) is 4.66. The molecule has 0 aromatic carbocycles. The molecule has 1 saturated heterocycles. The average Bonchev–Trinajstić information content (AvgIpc) is 2.29. The molecular formula is C14H36O4Si4. The summed E-state index contributed by atoms with van der Waals surface area (Å²) < 4.78 is 26.4. The first-order chi connectivity index (χ1) is 9.95. The van der Waals surface area contributed by atoms with E-state index in [1.54, 1.807) is 0 Å². The van der Waals surface area contributed by atoms with E-state index in [4.69, 9.17) is 16.5 Å². The average molecular weight is 381 g/mol. The van der Waals surface area contributed by atoms with E-state index < -0.39 is 34.2 Å². The molecular weight excluding hydrogens is 344 g/mol. The summed E-state index contributed by atoms with van der Waals surface area (Å²) in [5, 5.41) is 0. The van der Waals surface area contributed by atoms with Crippen LogP contribution in [0.3, 0.4) is 0 Å². The van der Waals surface area contributed by atoms with Crippen molar-refractivity contribution in [1.82, 2.24) is 0 Å². The molecule has 0 aromatic heterocycles. The van der Waals surface area contributed by atoms with Crippen molar-refractivity contribution >= 4 is 34.2 Å². The van der Waals surface area contributed by atoms with Crippen molar-refractivity contribution in [2.24, 2.45) is 0 Å². The maximum absolute atomic E-state index is 6.76. The molecule has 0 aromatic rings. The zero-order chi connectivity index (χ0) is 17.1. The summed E-state index contributed by atoms with van der Waals surface area (Å²) in [6.45, 7) is 17.5. The van der Waals surface area contributed by atoms with Crippen molar-refractivity contribution in [1.29, 1.82) is 0 Å². The van der Waals surface area contributed by atoms with Crippen LogP contribution in [0, 0.1) is 0 Å². The molecule has 22 heavy (non-hydrogen) atoms. The molecule has 1 aliphatic heterocycles. The summed E-state index contributed by atoms with van der Waals surface area (Å²) in [5.74, 6) is 0. The van der Waals surface area contributed by atoms with Crippen LogP contribution in [0.2, 0.25) is 51.4 Å². The highest BCUT2D eigenvalue weighted by molar-refractivity contribution is 6.93. The Bertz CT molecular complexity index is 335. The van der Waals surface area contributed by atoms with Gasteiger partial charge in [0.2, 0.25) is 0 Å². The number of hydrogen-bond donors (Lipinski definition) is 0. The quantitative estimate of drug-likeness (QED) is 0.592. The van der Waals surface area contributed by atoms with Gasteiger partial charge in [-0.25, -0.2) is 0 Å². The van der Waals surface area contributed by atoms with Gasteiger partial charge in [-0.1, -0.05) is 39.5 Å². The standard InChI is InChI=1S/C14H36O4Si4/c1-9-11-13-21(7)16-19(3,4)15-20(5,6)17-22(8,18-21)14-12-10-2/h9-14H2,1-8H3. The van der Waals surface area contributed by atoms with Crippen molar-refractivity contribution in [2.75, 3.05) is 0 Å². The largest absolute Gasteiger partial charge is 0.416 e. The highest BCUT2D eigenvalue weighted by Crippen LogP contribution is 2.35. The first kappa shape index (κ1) is 20.8. The van der Waals surface area contributed by atoms with Gasteiger partial charge >= 0.3 is 34.2 Å². The van der Waals surface area contributed by atoms with Crippen LogP contribution in [-0.2, 0) is 16.5 Å². The van der Waals surface area contributed by atoms with Gasteiger partial charge in [0.1, 0.15) is 0 Å². The second-order valence-corrected chi connectivity index (χ2v) is 22.1. The van der Waals surface area contributed by atoms with Gasteiger partial charge in [-0.3, -0.25) is 0 Å². The molecule has 0 amide bonds. The summed E-state index contributed by atoms with van der Waals surface area (Å²) >= 11 is 0. The van der Waals surface area contributed by atoms with Gasteiger partial charge in [0.25, 0.3) is 0 Å². The van der Waals surface area contributed by atoms with E-state index in [1.165, 1.54) is 12.8 Å². The zero-order valence-corrected chi connectivity index (χ0v) is 19.9. The minimum atomic E-state index is -2.23. The molecule has 1 fully saturated rings. The third-order valence-corrected chi connectivity index (χ3v) is 21.1. The van der Waals surface area contributed by atoms with Gasteiger partial charge in [0.05, 0.1) is 0 Å². The second-order valence-electron chi connectivity index (χ2n) is 7.68. The van der Waals surface area contributed by atoms with E-state index in [1.807, 2.05) is 0 Å². The lowest BCUT2D eigenvalue weighted by Crippen LogP contribution is -2.65. The monoisotopic (exact) mass is 380 g/mol. The number of hydrogen-bond acceptors (Lipinski definition) is 4. The lowest BCUT2D eigenvalue weighted by Gasteiger charge is -2.48. The smallest absolute Gasteiger partial charge is 0.317 e. The van der Waals surface area contributed by atoms with Crippen LogP contribution in [0.4, 0.5) is 0 Å². The van der Waals surface area contributed by atoms with E-state index in [9.17, 15) is 0 Å². The van der Waals surface area contributed by atoms with Crippen LogP contribution < -0.4 is 0 Å². The van der Waals surface area contributed by atoms with Gasteiger partial charge in [-0.15, -0.1) is 0 Å². The van der Waals surface area contributed by atoms with E-state index in [0.29, 0.717) is 0 Å². The Morgan fingerprint density at radius 1 is 0.545 bits per heavy atom. The van der Waals surface area contributed by atoms with Gasteiger partial charge < -0.3 is 16.5 Å². The molecule has 2 unspecified atom stereocenters. The predicted octanol–water partition coefficient (Wildman–Crippen LogP) is 5.21. The zero-order valence-electron chi connectivity index (χ0n) is 15.9. The maximum atomic E-state index is 6.76. The van der Waals surface area contributed by atoms with Gasteiger partial charge in [-0.05, 0) is 51.4 Å². The normalized spacial score (nSPS) is 34.9. The molecule has 0 radical (unpaired) electrons. The van der Waals surface area contributed by atoms with Gasteiger partial charge in [0.15, 0.2) is 0 Å². The van der Waals surface area contributed by atoms with Gasteiger partial charge in [-0.2, -0.15) is 0 Å². The highest BCUT2D eigenvalue weighted by atomic mass is 28.5. The van der Waals surface area contributed by atoms with Crippen LogP contribution in [0.5, 0.6) is 0 Å². The molecule has 132 valence electrons. The summed E-state index contributed by atoms with van der Waals surface area (Å²) in [6, 6.07) is 2.09. The Morgan fingerprint density at radius 3 is 1.23 bits per heavy atom. The molecule has 0 bridgehead atoms. The predicted molar refractivity (Wildman–Crippen MR) is 102 cm³/mol.